The average molecular weight is 407 g/mol. The van der Waals surface area contributed by atoms with E-state index in [0.29, 0.717) is 25.7 Å². The molecule has 2 fully saturated rings. The van der Waals surface area contributed by atoms with Crippen LogP contribution in [0, 0.1) is 17.3 Å². The van der Waals surface area contributed by atoms with Crippen LogP contribution in [0.3, 0.4) is 0 Å². The van der Waals surface area contributed by atoms with Gasteiger partial charge in [-0.05, 0) is 50.4 Å². The van der Waals surface area contributed by atoms with E-state index in [1.54, 1.807) is 7.11 Å². The number of hydrogen-bond donors (Lipinski definition) is 1. The molecule has 1 N–H and O–H groups in total. The molecular weight excluding hydrogens is 368 g/mol. The second-order valence-corrected chi connectivity index (χ2v) is 8.55. The maximum absolute atomic E-state index is 12.5. The molecule has 0 radical (unpaired) electrons. The smallest absolute Gasteiger partial charge is 0.305 e. The number of rotatable bonds is 12. The van der Waals surface area contributed by atoms with Crippen molar-refractivity contribution in [2.75, 3.05) is 14.2 Å². The van der Waals surface area contributed by atoms with Crippen LogP contribution in [0.4, 0.5) is 0 Å². The topological polar surface area (TPSA) is 72.8 Å². The van der Waals surface area contributed by atoms with Crippen molar-refractivity contribution in [3.05, 3.63) is 24.3 Å². The van der Waals surface area contributed by atoms with Crippen molar-refractivity contribution in [3.63, 3.8) is 0 Å². The second-order valence-electron chi connectivity index (χ2n) is 8.55. The van der Waals surface area contributed by atoms with Crippen LogP contribution < -0.4 is 0 Å². The zero-order chi connectivity index (χ0) is 21.3. The minimum absolute atomic E-state index is 0.0541. The number of allylic oxidation sites excluding steroid dienone is 2. The lowest BCUT2D eigenvalue weighted by Crippen LogP contribution is -2.40. The van der Waals surface area contributed by atoms with E-state index in [9.17, 15) is 14.7 Å². The molecule has 0 amide bonds. The summed E-state index contributed by atoms with van der Waals surface area (Å²) < 4.78 is 10.2. The Balaban J connectivity index is 1.87. The second kappa shape index (κ2) is 11.7. The van der Waals surface area contributed by atoms with Crippen LogP contribution in [-0.4, -0.2) is 43.3 Å². The quantitative estimate of drug-likeness (QED) is 0.296. The van der Waals surface area contributed by atoms with Gasteiger partial charge in [0, 0.05) is 31.8 Å². The van der Waals surface area contributed by atoms with Gasteiger partial charge in [0.25, 0.3) is 0 Å². The van der Waals surface area contributed by atoms with Gasteiger partial charge in [-0.25, -0.2) is 0 Å². The molecule has 0 aliphatic heterocycles. The minimum atomic E-state index is -0.302. The van der Waals surface area contributed by atoms with E-state index < -0.39 is 0 Å². The highest BCUT2D eigenvalue weighted by Gasteiger charge is 2.42. The number of ether oxygens (including phenoxy) is 2. The Kier molecular flexibility index (Phi) is 9.57. The summed E-state index contributed by atoms with van der Waals surface area (Å²) in [5.74, 6) is 0.0363. The van der Waals surface area contributed by atoms with Crippen LogP contribution in [0.25, 0.3) is 0 Å². The number of methoxy groups -OCH3 is 2. The molecule has 2 unspecified atom stereocenters. The fourth-order valence-electron chi connectivity index (χ4n) is 4.74. The Morgan fingerprint density at radius 2 is 2.03 bits per heavy atom. The molecule has 2 saturated carbocycles. The molecule has 2 aliphatic carbocycles. The lowest BCUT2D eigenvalue weighted by atomic mass is 9.63. The van der Waals surface area contributed by atoms with Crippen LogP contribution in [0.5, 0.6) is 0 Å². The molecule has 4 atom stereocenters. The van der Waals surface area contributed by atoms with E-state index in [2.05, 4.69) is 23.8 Å². The predicted molar refractivity (Wildman–Crippen MR) is 113 cm³/mol. The molecule has 0 saturated heterocycles. The molecule has 5 heteroatoms. The van der Waals surface area contributed by atoms with Gasteiger partial charge in [-0.3, -0.25) is 9.59 Å². The summed E-state index contributed by atoms with van der Waals surface area (Å²) in [6.07, 6.45) is 16.1. The number of aliphatic hydroxyl groups is 1. The Morgan fingerprint density at radius 1 is 1.28 bits per heavy atom. The molecule has 0 aromatic rings. The maximum Gasteiger partial charge on any atom is 0.305 e. The monoisotopic (exact) mass is 406 g/mol. The Bertz CT molecular complexity index is 585. The Hall–Kier alpha value is -1.46. The third kappa shape index (κ3) is 6.26. The van der Waals surface area contributed by atoms with E-state index in [0.717, 1.165) is 32.1 Å². The minimum Gasteiger partial charge on any atom is -0.469 e. The summed E-state index contributed by atoms with van der Waals surface area (Å²) in [5, 5.41) is 10.6. The molecule has 0 aromatic heterocycles. The molecule has 2 rings (SSSR count). The van der Waals surface area contributed by atoms with E-state index >= 15 is 0 Å². The summed E-state index contributed by atoms with van der Waals surface area (Å²) in [4.78, 5) is 23.6. The zero-order valence-corrected chi connectivity index (χ0v) is 18.3. The van der Waals surface area contributed by atoms with Crippen LogP contribution in [-0.2, 0) is 19.1 Å². The summed E-state index contributed by atoms with van der Waals surface area (Å²) in [6, 6.07) is 0. The van der Waals surface area contributed by atoms with Gasteiger partial charge in [-0.15, -0.1) is 0 Å². The van der Waals surface area contributed by atoms with Gasteiger partial charge in [0.2, 0.25) is 0 Å². The fraction of sp³-hybridized carbons (Fsp3) is 0.750. The van der Waals surface area contributed by atoms with E-state index in [1.165, 1.54) is 13.5 Å². The first-order valence-corrected chi connectivity index (χ1v) is 11.1. The van der Waals surface area contributed by atoms with Crippen molar-refractivity contribution in [2.45, 2.75) is 83.3 Å². The third-order valence-electron chi connectivity index (χ3n) is 7.03. The number of carbonyl (C=O) groups is 2. The van der Waals surface area contributed by atoms with Gasteiger partial charge in [0.1, 0.15) is 5.78 Å². The number of ketones is 1. The molecule has 0 bridgehead atoms. The van der Waals surface area contributed by atoms with Gasteiger partial charge in [-0.2, -0.15) is 0 Å². The van der Waals surface area contributed by atoms with Crippen molar-refractivity contribution >= 4 is 11.8 Å². The maximum atomic E-state index is 12.5. The van der Waals surface area contributed by atoms with Crippen molar-refractivity contribution in [2.24, 2.45) is 17.3 Å². The average Bonchev–Trinajstić information content (AvgIpc) is 2.98. The molecule has 164 valence electrons. The van der Waals surface area contributed by atoms with E-state index in [1.807, 2.05) is 12.2 Å². The lowest BCUT2D eigenvalue weighted by Gasteiger charge is -2.45. The Labute approximate surface area is 175 Å². The summed E-state index contributed by atoms with van der Waals surface area (Å²) in [7, 11) is 3.07. The molecule has 0 heterocycles. The van der Waals surface area contributed by atoms with Gasteiger partial charge >= 0.3 is 5.97 Å². The summed E-state index contributed by atoms with van der Waals surface area (Å²) in [5.41, 5.74) is 0.100. The predicted octanol–water partition coefficient (Wildman–Crippen LogP) is 4.38. The van der Waals surface area contributed by atoms with Crippen LogP contribution in [0.2, 0.25) is 0 Å². The standard InChI is InChI=1S/C24H38O5/c1-4-24(15-10-16-24)22(26)13-9-12-19-18(20(25)17-21(19)28-2)11-7-5-6-8-14-23(27)29-3/h5,7,9,12,18-19,21-22,26H,4,6,8,10-11,13-17H2,1-3H3/t18-,19-,21?,22?/m1/s1. The van der Waals surface area contributed by atoms with Gasteiger partial charge in [0.15, 0.2) is 0 Å². The highest BCUT2D eigenvalue weighted by atomic mass is 16.5. The fourth-order valence-corrected chi connectivity index (χ4v) is 4.74. The van der Waals surface area contributed by atoms with Crippen LogP contribution in [0.15, 0.2) is 24.3 Å². The molecule has 2 aliphatic rings. The zero-order valence-electron chi connectivity index (χ0n) is 18.3. The molecular formula is C24H38O5. The largest absolute Gasteiger partial charge is 0.469 e. The number of unbranched alkanes of at least 4 members (excludes halogenated alkanes) is 1. The lowest BCUT2D eigenvalue weighted by molar-refractivity contribution is -0.140. The van der Waals surface area contributed by atoms with Crippen molar-refractivity contribution in [3.8, 4) is 0 Å². The first-order chi connectivity index (χ1) is 14.0. The van der Waals surface area contributed by atoms with Gasteiger partial charge in [-0.1, -0.05) is 37.6 Å². The summed E-state index contributed by atoms with van der Waals surface area (Å²) >= 11 is 0. The van der Waals surface area contributed by atoms with Crippen molar-refractivity contribution in [1.82, 2.24) is 0 Å². The van der Waals surface area contributed by atoms with E-state index in [-0.39, 0.29) is 41.2 Å². The molecule has 0 spiro atoms. The third-order valence-corrected chi connectivity index (χ3v) is 7.03. The first kappa shape index (κ1) is 23.8. The number of esters is 1. The highest BCUT2D eigenvalue weighted by molar-refractivity contribution is 5.84. The van der Waals surface area contributed by atoms with E-state index in [4.69, 9.17) is 4.74 Å². The van der Waals surface area contributed by atoms with Gasteiger partial charge < -0.3 is 14.6 Å². The van der Waals surface area contributed by atoms with Crippen LogP contribution >= 0.6 is 0 Å². The molecule has 0 aromatic carbocycles. The normalized spacial score (nSPS) is 27.4. The highest BCUT2D eigenvalue weighted by Crippen LogP contribution is 2.47. The number of Topliss-reactive ketones (excluding diaryl/α,β-unsaturated/α-hetero) is 1. The number of hydrogen-bond acceptors (Lipinski definition) is 5. The van der Waals surface area contributed by atoms with Crippen molar-refractivity contribution < 1.29 is 24.2 Å². The SMILES string of the molecule is CCC1(C(O)CC=C[C@H]2C(OC)CC(=O)[C@@H]2CC=CCCCC(=O)OC)CCC1. The molecule has 29 heavy (non-hydrogen) atoms. The number of carbonyl (C=O) groups excluding carboxylic acids is 2. The van der Waals surface area contributed by atoms with Crippen LogP contribution in [0.1, 0.15) is 71.1 Å². The van der Waals surface area contributed by atoms with Crippen molar-refractivity contribution in [1.29, 1.82) is 0 Å². The summed E-state index contributed by atoms with van der Waals surface area (Å²) in [6.45, 7) is 2.16. The number of aliphatic hydroxyl groups excluding tert-OH is 1. The first-order valence-electron chi connectivity index (χ1n) is 11.1. The van der Waals surface area contributed by atoms with Gasteiger partial charge in [0.05, 0.1) is 19.3 Å². The Morgan fingerprint density at radius 3 is 2.62 bits per heavy atom. The molecule has 5 nitrogen and oxygen atoms in total.